The number of carbonyl (C=O) groups is 2. The Balaban J connectivity index is 1.26. The van der Waals surface area contributed by atoms with E-state index in [4.69, 9.17) is 9.16 Å². The van der Waals surface area contributed by atoms with Crippen molar-refractivity contribution >= 4 is 25.9 Å². The van der Waals surface area contributed by atoms with Gasteiger partial charge in [0.1, 0.15) is 6.10 Å². The monoisotopic (exact) mass is 554 g/mol. The van der Waals surface area contributed by atoms with Crippen molar-refractivity contribution in [2.75, 3.05) is 31.1 Å². The molecular formula is C31H43FN2O4Si. The van der Waals surface area contributed by atoms with Gasteiger partial charge in [0.05, 0.1) is 17.9 Å². The maximum atomic E-state index is 15.5. The Bertz CT molecular complexity index is 1140. The van der Waals surface area contributed by atoms with Gasteiger partial charge >= 0.3 is 5.97 Å². The molecule has 0 radical (unpaired) electrons. The number of halogens is 1. The van der Waals surface area contributed by atoms with Crippen LogP contribution < -0.4 is 4.90 Å². The molecule has 1 saturated carbocycles. The predicted octanol–water partition coefficient (Wildman–Crippen LogP) is 6.41. The van der Waals surface area contributed by atoms with Crippen LogP contribution in [0, 0.1) is 11.7 Å². The van der Waals surface area contributed by atoms with Crippen molar-refractivity contribution in [3.8, 4) is 0 Å². The van der Waals surface area contributed by atoms with E-state index in [0.29, 0.717) is 55.8 Å². The van der Waals surface area contributed by atoms with E-state index in [1.807, 2.05) is 40.1 Å². The van der Waals surface area contributed by atoms with Gasteiger partial charge in [-0.25, -0.2) is 9.18 Å². The molecule has 39 heavy (non-hydrogen) atoms. The number of anilines is 1. The summed E-state index contributed by atoms with van der Waals surface area (Å²) in [5, 5.41) is 0.0653. The van der Waals surface area contributed by atoms with Gasteiger partial charge in [-0.3, -0.25) is 4.79 Å². The quantitative estimate of drug-likeness (QED) is 0.292. The second-order valence-electron chi connectivity index (χ2n) is 12.4. The van der Waals surface area contributed by atoms with Gasteiger partial charge in [0.25, 0.3) is 0 Å². The molecule has 1 amide bonds. The summed E-state index contributed by atoms with van der Waals surface area (Å²) in [5.74, 6) is -0.404. The first-order valence-corrected chi connectivity index (χ1v) is 17.1. The van der Waals surface area contributed by atoms with Crippen LogP contribution >= 0.6 is 0 Å². The Morgan fingerprint density at radius 3 is 2.18 bits per heavy atom. The largest absolute Gasteiger partial charge is 0.459 e. The second-order valence-corrected chi connectivity index (χ2v) is 17.2. The first-order chi connectivity index (χ1) is 18.5. The third kappa shape index (κ3) is 7.08. The lowest BCUT2D eigenvalue weighted by Gasteiger charge is -2.39. The molecule has 0 spiro atoms. The minimum atomic E-state index is -1.98. The maximum absolute atomic E-state index is 15.5. The zero-order valence-electron chi connectivity index (χ0n) is 24.0. The number of hydrogen-bond donors (Lipinski definition) is 0. The number of carbonyl (C=O) groups excluding carboxylic acids is 2. The summed E-state index contributed by atoms with van der Waals surface area (Å²) in [7, 11) is -1.98. The van der Waals surface area contributed by atoms with Crippen LogP contribution in [0.2, 0.25) is 18.1 Å². The number of amides is 1. The molecule has 1 aliphatic heterocycles. The highest BCUT2D eigenvalue weighted by molar-refractivity contribution is 6.74. The normalized spacial score (nSPS) is 20.6. The molecule has 2 aliphatic rings. The van der Waals surface area contributed by atoms with Crippen LogP contribution in [-0.4, -0.2) is 57.4 Å². The lowest BCUT2D eigenvalue weighted by Crippen LogP contribution is -2.51. The number of benzene rings is 2. The van der Waals surface area contributed by atoms with Gasteiger partial charge in [-0.1, -0.05) is 51.1 Å². The van der Waals surface area contributed by atoms with E-state index < -0.39 is 8.32 Å². The van der Waals surface area contributed by atoms with E-state index in [1.165, 1.54) is 0 Å². The van der Waals surface area contributed by atoms with Gasteiger partial charge in [-0.15, -0.1) is 0 Å². The standard InChI is InChI=1S/C31H43FN2O4Si/c1-31(2,3)39(4,5)37-22-25-12-9-13-27(28(25)32)33-18-20-34(21-19-33)29(35)23-14-16-26(17-15-23)38-30(36)24-10-7-6-8-11-24/h6-13,23,26H,14-22H2,1-5H3. The molecule has 0 bridgehead atoms. The third-order valence-electron chi connectivity index (χ3n) is 8.69. The summed E-state index contributed by atoms with van der Waals surface area (Å²) < 4.78 is 27.4. The van der Waals surface area contributed by atoms with Crippen molar-refractivity contribution in [3.05, 3.63) is 65.5 Å². The highest BCUT2D eigenvalue weighted by atomic mass is 28.4. The van der Waals surface area contributed by atoms with E-state index >= 15 is 4.39 Å². The van der Waals surface area contributed by atoms with Crippen molar-refractivity contribution in [3.63, 3.8) is 0 Å². The molecule has 4 rings (SSSR count). The first kappa shape index (κ1) is 29.3. The fourth-order valence-corrected chi connectivity index (χ4v) is 5.99. The summed E-state index contributed by atoms with van der Waals surface area (Å²) in [5.41, 5.74) is 1.72. The van der Waals surface area contributed by atoms with E-state index in [-0.39, 0.29) is 41.4 Å². The zero-order chi connectivity index (χ0) is 28.2. The molecule has 0 unspecified atom stereocenters. The number of ether oxygens (including phenoxy) is 1. The van der Waals surface area contributed by atoms with Crippen molar-refractivity contribution in [2.45, 2.75) is 77.3 Å². The molecule has 1 aliphatic carbocycles. The van der Waals surface area contributed by atoms with Crippen LogP contribution in [0.15, 0.2) is 48.5 Å². The second kappa shape index (κ2) is 12.2. The Kier molecular flexibility index (Phi) is 9.17. The van der Waals surface area contributed by atoms with Gasteiger partial charge in [0, 0.05) is 37.7 Å². The Hall–Kier alpha value is -2.71. The minimum absolute atomic E-state index is 0.0456. The Morgan fingerprint density at radius 2 is 1.56 bits per heavy atom. The molecule has 1 saturated heterocycles. The van der Waals surface area contributed by atoms with Crippen LogP contribution in [0.3, 0.4) is 0 Å². The number of rotatable bonds is 7. The van der Waals surface area contributed by atoms with Crippen molar-refractivity contribution < 1.29 is 23.1 Å². The molecule has 0 N–H and O–H groups in total. The lowest BCUT2D eigenvalue weighted by molar-refractivity contribution is -0.137. The molecule has 212 valence electrons. The number of hydrogen-bond acceptors (Lipinski definition) is 5. The van der Waals surface area contributed by atoms with Gasteiger partial charge in [0.15, 0.2) is 14.1 Å². The molecule has 8 heteroatoms. The van der Waals surface area contributed by atoms with Crippen LogP contribution in [0.1, 0.15) is 62.4 Å². The highest BCUT2D eigenvalue weighted by Crippen LogP contribution is 2.37. The number of piperazine rings is 1. The SMILES string of the molecule is CC(C)(C)[Si](C)(C)OCc1cccc(N2CCN(C(=O)C3CCC(OC(=O)c4ccccc4)CC3)CC2)c1F. The molecule has 6 nitrogen and oxygen atoms in total. The number of esters is 1. The fraction of sp³-hybridized carbons (Fsp3) is 0.548. The fourth-order valence-electron chi connectivity index (χ4n) is 5.04. The molecule has 1 heterocycles. The summed E-state index contributed by atoms with van der Waals surface area (Å²) >= 11 is 0. The van der Waals surface area contributed by atoms with Crippen molar-refractivity contribution in [1.29, 1.82) is 0 Å². The molecular weight excluding hydrogens is 511 g/mol. The van der Waals surface area contributed by atoms with E-state index in [1.54, 1.807) is 18.2 Å². The van der Waals surface area contributed by atoms with Crippen molar-refractivity contribution in [1.82, 2.24) is 4.90 Å². The van der Waals surface area contributed by atoms with Gasteiger partial charge in [0.2, 0.25) is 5.91 Å². The van der Waals surface area contributed by atoms with E-state index in [9.17, 15) is 9.59 Å². The van der Waals surface area contributed by atoms with Crippen LogP contribution in [0.5, 0.6) is 0 Å². The highest BCUT2D eigenvalue weighted by Gasteiger charge is 2.37. The van der Waals surface area contributed by atoms with Gasteiger partial charge in [-0.2, -0.15) is 0 Å². The van der Waals surface area contributed by atoms with Crippen LogP contribution in [0.4, 0.5) is 10.1 Å². The Labute approximate surface area is 233 Å². The summed E-state index contributed by atoms with van der Waals surface area (Å²) in [6.07, 6.45) is 2.69. The van der Waals surface area contributed by atoms with Crippen molar-refractivity contribution in [2.24, 2.45) is 5.92 Å². The van der Waals surface area contributed by atoms with E-state index in [0.717, 1.165) is 12.8 Å². The topological polar surface area (TPSA) is 59.1 Å². The summed E-state index contributed by atoms with van der Waals surface area (Å²) in [6.45, 7) is 13.5. The molecule has 0 aromatic heterocycles. The minimum Gasteiger partial charge on any atom is -0.459 e. The summed E-state index contributed by atoms with van der Waals surface area (Å²) in [6, 6.07) is 14.5. The van der Waals surface area contributed by atoms with Crippen LogP contribution in [-0.2, 0) is 20.6 Å². The molecule has 0 atom stereocenters. The van der Waals surface area contributed by atoms with Crippen LogP contribution in [0.25, 0.3) is 0 Å². The molecule has 2 aromatic carbocycles. The third-order valence-corrected chi connectivity index (χ3v) is 13.2. The maximum Gasteiger partial charge on any atom is 0.338 e. The summed E-state index contributed by atoms with van der Waals surface area (Å²) in [4.78, 5) is 29.5. The Morgan fingerprint density at radius 1 is 0.923 bits per heavy atom. The van der Waals surface area contributed by atoms with Gasteiger partial charge < -0.3 is 19.0 Å². The molecule has 2 fully saturated rings. The van der Waals surface area contributed by atoms with Gasteiger partial charge in [-0.05, 0) is 62.0 Å². The molecule has 2 aromatic rings. The first-order valence-electron chi connectivity index (χ1n) is 14.2. The zero-order valence-corrected chi connectivity index (χ0v) is 25.0. The smallest absolute Gasteiger partial charge is 0.338 e. The number of nitrogens with zero attached hydrogens (tertiary/aromatic N) is 2. The average Bonchev–Trinajstić information content (AvgIpc) is 2.92. The lowest BCUT2D eigenvalue weighted by atomic mass is 9.86. The predicted molar refractivity (Wildman–Crippen MR) is 155 cm³/mol. The average molecular weight is 555 g/mol. The van der Waals surface area contributed by atoms with E-state index in [2.05, 4.69) is 33.9 Å².